The van der Waals surface area contributed by atoms with Gasteiger partial charge >= 0.3 is 0 Å². The Morgan fingerprint density at radius 1 is 1.28 bits per heavy atom. The lowest BCUT2D eigenvalue weighted by Crippen LogP contribution is -2.48. The Morgan fingerprint density at radius 2 is 2.00 bits per heavy atom. The second kappa shape index (κ2) is 8.31. The van der Waals surface area contributed by atoms with Crippen LogP contribution >= 0.6 is 0 Å². The molecular formula is C15H31NOS. The van der Waals surface area contributed by atoms with Crippen LogP contribution in [-0.4, -0.2) is 27.3 Å². The van der Waals surface area contributed by atoms with Gasteiger partial charge in [0.1, 0.15) is 0 Å². The van der Waals surface area contributed by atoms with Crippen molar-refractivity contribution in [3.05, 3.63) is 0 Å². The molecule has 1 aliphatic carbocycles. The molecule has 1 rings (SSSR count). The Kier molecular flexibility index (Phi) is 7.47. The lowest BCUT2D eigenvalue weighted by Gasteiger charge is -2.37. The molecule has 3 heteroatoms. The van der Waals surface area contributed by atoms with E-state index in [0.29, 0.717) is 16.5 Å². The first-order valence-corrected chi connectivity index (χ1v) is 9.04. The Hall–Kier alpha value is 0.110. The summed E-state index contributed by atoms with van der Waals surface area (Å²) in [6.07, 6.45) is 7.12. The van der Waals surface area contributed by atoms with Crippen molar-refractivity contribution in [1.82, 2.24) is 5.32 Å². The van der Waals surface area contributed by atoms with Crippen LogP contribution in [-0.2, 0) is 10.8 Å². The highest BCUT2D eigenvalue weighted by Gasteiger charge is 2.34. The van der Waals surface area contributed by atoms with Crippen molar-refractivity contribution in [2.75, 3.05) is 6.54 Å². The topological polar surface area (TPSA) is 29.1 Å². The summed E-state index contributed by atoms with van der Waals surface area (Å²) in [6, 6.07) is 0.489. The fraction of sp³-hybridized carbons (Fsp3) is 1.00. The molecule has 2 nitrogen and oxygen atoms in total. The van der Waals surface area contributed by atoms with Gasteiger partial charge in [-0.15, -0.1) is 0 Å². The van der Waals surface area contributed by atoms with Crippen molar-refractivity contribution in [3.8, 4) is 0 Å². The third-order valence-corrected chi connectivity index (χ3v) is 6.65. The highest BCUT2D eigenvalue weighted by molar-refractivity contribution is 7.86. The standard InChI is InChI=1S/C15H31NOS/c1-5-10-16-14-9-8-13(7-3)11-15(14)18(17)12(4)6-2/h12-16H,5-11H2,1-4H3. The van der Waals surface area contributed by atoms with Crippen LogP contribution < -0.4 is 5.32 Å². The Balaban J connectivity index is 2.67. The van der Waals surface area contributed by atoms with E-state index in [-0.39, 0.29) is 0 Å². The maximum Gasteiger partial charge on any atom is 0.0506 e. The van der Waals surface area contributed by atoms with E-state index in [0.717, 1.165) is 31.7 Å². The van der Waals surface area contributed by atoms with E-state index < -0.39 is 10.8 Å². The van der Waals surface area contributed by atoms with Crippen LogP contribution in [0, 0.1) is 5.92 Å². The molecule has 1 N–H and O–H groups in total. The molecule has 1 saturated carbocycles. The average molecular weight is 273 g/mol. The van der Waals surface area contributed by atoms with Crippen LogP contribution in [0.3, 0.4) is 0 Å². The average Bonchev–Trinajstić information content (AvgIpc) is 2.43. The minimum Gasteiger partial charge on any atom is -0.313 e. The van der Waals surface area contributed by atoms with E-state index in [2.05, 4.69) is 33.0 Å². The summed E-state index contributed by atoms with van der Waals surface area (Å²) in [5, 5.41) is 4.36. The predicted molar refractivity (Wildman–Crippen MR) is 81.4 cm³/mol. The van der Waals surface area contributed by atoms with Gasteiger partial charge in [-0.2, -0.15) is 0 Å². The quantitative estimate of drug-likeness (QED) is 0.769. The van der Waals surface area contributed by atoms with Crippen molar-refractivity contribution in [1.29, 1.82) is 0 Å². The fourth-order valence-electron chi connectivity index (χ4n) is 2.87. The fourth-order valence-corrected chi connectivity index (χ4v) is 4.81. The molecule has 0 bridgehead atoms. The first-order chi connectivity index (χ1) is 8.63. The number of rotatable bonds is 7. The normalized spacial score (nSPS) is 32.1. The van der Waals surface area contributed by atoms with Crippen LogP contribution in [0.2, 0.25) is 0 Å². The Labute approximate surface area is 116 Å². The van der Waals surface area contributed by atoms with Gasteiger partial charge in [0.2, 0.25) is 0 Å². The monoisotopic (exact) mass is 273 g/mol. The molecule has 0 radical (unpaired) electrons. The predicted octanol–water partition coefficient (Wildman–Crippen LogP) is 3.48. The molecule has 18 heavy (non-hydrogen) atoms. The largest absolute Gasteiger partial charge is 0.313 e. The minimum atomic E-state index is -0.670. The third kappa shape index (κ3) is 4.34. The Morgan fingerprint density at radius 3 is 2.56 bits per heavy atom. The van der Waals surface area contributed by atoms with E-state index in [4.69, 9.17) is 0 Å². The van der Waals surface area contributed by atoms with Gasteiger partial charge in [0.25, 0.3) is 0 Å². The lowest BCUT2D eigenvalue weighted by atomic mass is 9.84. The summed E-state index contributed by atoms with van der Waals surface area (Å²) in [4.78, 5) is 0. The molecule has 0 aromatic rings. The summed E-state index contributed by atoms with van der Waals surface area (Å²) in [7, 11) is -0.670. The van der Waals surface area contributed by atoms with E-state index in [1.807, 2.05) is 0 Å². The minimum absolute atomic E-state index is 0.344. The molecule has 1 fully saturated rings. The molecule has 0 heterocycles. The van der Waals surface area contributed by atoms with Gasteiger partial charge in [-0.05, 0) is 44.6 Å². The maximum atomic E-state index is 12.6. The zero-order valence-electron chi connectivity index (χ0n) is 12.6. The lowest BCUT2D eigenvalue weighted by molar-refractivity contribution is 0.291. The molecule has 108 valence electrons. The van der Waals surface area contributed by atoms with Crippen molar-refractivity contribution in [2.45, 2.75) is 82.8 Å². The van der Waals surface area contributed by atoms with E-state index in [1.165, 1.54) is 19.3 Å². The summed E-state index contributed by atoms with van der Waals surface area (Å²) >= 11 is 0. The van der Waals surface area contributed by atoms with Crippen LogP contribution in [0.4, 0.5) is 0 Å². The van der Waals surface area contributed by atoms with Crippen molar-refractivity contribution in [2.24, 2.45) is 5.92 Å². The van der Waals surface area contributed by atoms with E-state index >= 15 is 0 Å². The van der Waals surface area contributed by atoms with Gasteiger partial charge in [-0.3, -0.25) is 4.21 Å². The first kappa shape index (κ1) is 16.2. The maximum absolute atomic E-state index is 12.6. The first-order valence-electron chi connectivity index (χ1n) is 7.76. The number of hydrogen-bond donors (Lipinski definition) is 1. The highest BCUT2D eigenvalue weighted by Crippen LogP contribution is 2.31. The van der Waals surface area contributed by atoms with E-state index in [1.54, 1.807) is 0 Å². The van der Waals surface area contributed by atoms with Crippen LogP contribution in [0.1, 0.15) is 66.2 Å². The van der Waals surface area contributed by atoms with Gasteiger partial charge in [0, 0.05) is 22.1 Å². The number of nitrogens with one attached hydrogen (secondary N) is 1. The third-order valence-electron chi connectivity index (χ3n) is 4.40. The van der Waals surface area contributed by atoms with Crippen molar-refractivity contribution in [3.63, 3.8) is 0 Å². The van der Waals surface area contributed by atoms with Gasteiger partial charge in [0.05, 0.1) is 5.25 Å². The van der Waals surface area contributed by atoms with Gasteiger partial charge < -0.3 is 5.32 Å². The molecule has 0 aromatic carbocycles. The van der Waals surface area contributed by atoms with Crippen LogP contribution in [0.25, 0.3) is 0 Å². The SMILES string of the molecule is CCCNC1CCC(CC)CC1S(=O)C(C)CC. The molecule has 0 aromatic heterocycles. The molecule has 1 aliphatic rings. The highest BCUT2D eigenvalue weighted by atomic mass is 32.2. The molecule has 0 saturated heterocycles. The summed E-state index contributed by atoms with van der Waals surface area (Å²) < 4.78 is 12.6. The van der Waals surface area contributed by atoms with Crippen molar-refractivity contribution < 1.29 is 4.21 Å². The summed E-state index contributed by atoms with van der Waals surface area (Å²) in [5.41, 5.74) is 0. The molecule has 0 spiro atoms. The zero-order valence-corrected chi connectivity index (χ0v) is 13.4. The van der Waals surface area contributed by atoms with Gasteiger partial charge in [-0.1, -0.05) is 34.1 Å². The summed E-state index contributed by atoms with van der Waals surface area (Å²) in [5.74, 6) is 0.794. The summed E-state index contributed by atoms with van der Waals surface area (Å²) in [6.45, 7) is 9.83. The number of hydrogen-bond acceptors (Lipinski definition) is 2. The smallest absolute Gasteiger partial charge is 0.0506 e. The molecular weight excluding hydrogens is 242 g/mol. The molecule has 5 unspecified atom stereocenters. The molecule has 0 aliphatic heterocycles. The van der Waals surface area contributed by atoms with Crippen LogP contribution in [0.15, 0.2) is 0 Å². The van der Waals surface area contributed by atoms with Crippen molar-refractivity contribution >= 4 is 10.8 Å². The second-order valence-electron chi connectivity index (χ2n) is 5.73. The molecule has 5 atom stereocenters. The molecule has 0 amide bonds. The van der Waals surface area contributed by atoms with Gasteiger partial charge in [0.15, 0.2) is 0 Å². The zero-order chi connectivity index (χ0) is 13.5. The van der Waals surface area contributed by atoms with Crippen LogP contribution in [0.5, 0.6) is 0 Å². The van der Waals surface area contributed by atoms with E-state index in [9.17, 15) is 4.21 Å². The van der Waals surface area contributed by atoms with Gasteiger partial charge in [-0.25, -0.2) is 0 Å². The second-order valence-corrected chi connectivity index (χ2v) is 7.80. The Bertz CT molecular complexity index is 257.